The second-order valence-electron chi connectivity index (χ2n) is 7.13. The van der Waals surface area contributed by atoms with Gasteiger partial charge in [-0.2, -0.15) is 0 Å². The van der Waals surface area contributed by atoms with Crippen LogP contribution in [0.4, 0.5) is 10.2 Å². The number of rotatable bonds is 5. The van der Waals surface area contributed by atoms with Gasteiger partial charge in [-0.1, -0.05) is 32.0 Å². The van der Waals surface area contributed by atoms with E-state index in [0.29, 0.717) is 30.1 Å². The topological polar surface area (TPSA) is 82.2 Å². The van der Waals surface area contributed by atoms with Crippen molar-refractivity contribution in [3.8, 4) is 0 Å². The maximum Gasteiger partial charge on any atom is 0.151 e. The molecule has 0 saturated carbocycles. The first kappa shape index (κ1) is 19.2. The molecule has 3 aromatic rings. The van der Waals surface area contributed by atoms with E-state index in [0.717, 1.165) is 28.2 Å². The van der Waals surface area contributed by atoms with Gasteiger partial charge in [0, 0.05) is 30.1 Å². The van der Waals surface area contributed by atoms with Crippen molar-refractivity contribution in [2.24, 2.45) is 11.7 Å². The molecule has 7 heteroatoms. The molecule has 0 unspecified atom stereocenters. The number of hydrogen-bond acceptors (Lipinski definition) is 4. The molecule has 0 aliphatic carbocycles. The summed E-state index contributed by atoms with van der Waals surface area (Å²) < 4.78 is 16.6. The third-order valence-electron chi connectivity index (χ3n) is 4.53. The molecule has 0 spiro atoms. The van der Waals surface area contributed by atoms with Crippen molar-refractivity contribution in [1.82, 2.24) is 14.4 Å². The number of nitrogen functional groups attached to an aromatic ring is 1. The molecule has 5 nitrogen and oxygen atoms in total. The molecule has 4 N–H and O–H groups in total. The number of nitrogens with two attached hydrogens (primary N) is 2. The average molecular weight is 388 g/mol. The van der Waals surface area contributed by atoms with E-state index in [1.54, 1.807) is 12.3 Å². The van der Waals surface area contributed by atoms with Crippen LogP contribution < -0.4 is 11.5 Å². The molecule has 2 aromatic heterocycles. The highest BCUT2D eigenvalue weighted by atomic mass is 35.5. The molecule has 2 heterocycles. The van der Waals surface area contributed by atoms with Crippen molar-refractivity contribution in [2.75, 3.05) is 5.73 Å². The summed E-state index contributed by atoms with van der Waals surface area (Å²) in [5, 5.41) is 0.0258. The second-order valence-corrected chi connectivity index (χ2v) is 7.54. The molecule has 0 aliphatic rings. The number of halogens is 2. The van der Waals surface area contributed by atoms with Gasteiger partial charge in [0.15, 0.2) is 5.82 Å². The Bertz CT molecular complexity index is 1040. The largest absolute Gasteiger partial charge is 0.399 e. The SMILES string of the molecule is C=C(N)c1c(F)c(Cl)cc(Cc2nc(C)c3c(N)nccn23)c1CC(C)C. The molecule has 27 heavy (non-hydrogen) atoms. The molecule has 0 radical (unpaired) electrons. The maximum atomic E-state index is 14.7. The van der Waals surface area contributed by atoms with E-state index in [4.69, 9.17) is 23.1 Å². The predicted octanol–water partition coefficient (Wildman–Crippen LogP) is 4.13. The lowest BCUT2D eigenvalue weighted by molar-refractivity contribution is 0.605. The summed E-state index contributed by atoms with van der Waals surface area (Å²) in [5.74, 6) is 0.976. The van der Waals surface area contributed by atoms with Crippen LogP contribution in [0.3, 0.4) is 0 Å². The van der Waals surface area contributed by atoms with Crippen molar-refractivity contribution in [1.29, 1.82) is 0 Å². The molecule has 0 saturated heterocycles. The fourth-order valence-electron chi connectivity index (χ4n) is 3.46. The number of aryl methyl sites for hydroxylation is 1. The predicted molar refractivity (Wildman–Crippen MR) is 108 cm³/mol. The maximum absolute atomic E-state index is 14.7. The van der Waals surface area contributed by atoms with Gasteiger partial charge in [-0.3, -0.25) is 4.40 Å². The Kier molecular flexibility index (Phi) is 5.11. The summed E-state index contributed by atoms with van der Waals surface area (Å²) in [4.78, 5) is 8.77. The van der Waals surface area contributed by atoms with Gasteiger partial charge in [0.1, 0.15) is 17.2 Å². The van der Waals surface area contributed by atoms with Crippen LogP contribution in [0.25, 0.3) is 11.2 Å². The third-order valence-corrected chi connectivity index (χ3v) is 4.81. The number of aromatic nitrogens is 3. The second kappa shape index (κ2) is 7.19. The molecule has 0 fully saturated rings. The van der Waals surface area contributed by atoms with E-state index in [1.807, 2.05) is 17.5 Å². The summed E-state index contributed by atoms with van der Waals surface area (Å²) in [6, 6.07) is 1.65. The molecule has 0 aliphatic heterocycles. The minimum absolute atomic E-state index is 0.0258. The van der Waals surface area contributed by atoms with Crippen molar-refractivity contribution < 1.29 is 4.39 Å². The Morgan fingerprint density at radius 2 is 2.11 bits per heavy atom. The van der Waals surface area contributed by atoms with Gasteiger partial charge in [0.25, 0.3) is 0 Å². The molecular formula is C20H23ClFN5. The first-order valence-corrected chi connectivity index (χ1v) is 9.11. The summed E-state index contributed by atoms with van der Waals surface area (Å²) in [7, 11) is 0. The lowest BCUT2D eigenvalue weighted by Crippen LogP contribution is -2.11. The summed E-state index contributed by atoms with van der Waals surface area (Å²) in [5.41, 5.74) is 15.6. The first-order valence-electron chi connectivity index (χ1n) is 8.73. The van der Waals surface area contributed by atoms with Crippen LogP contribution >= 0.6 is 11.6 Å². The normalized spacial score (nSPS) is 11.5. The minimum Gasteiger partial charge on any atom is -0.399 e. The zero-order valence-electron chi connectivity index (χ0n) is 15.7. The highest BCUT2D eigenvalue weighted by molar-refractivity contribution is 6.31. The molecular weight excluding hydrogens is 365 g/mol. The Labute approximate surface area is 162 Å². The first-order chi connectivity index (χ1) is 12.7. The van der Waals surface area contributed by atoms with Crippen LogP contribution in [0.5, 0.6) is 0 Å². The van der Waals surface area contributed by atoms with E-state index in [1.165, 1.54) is 0 Å². The fraction of sp³-hybridized carbons (Fsp3) is 0.300. The van der Waals surface area contributed by atoms with E-state index >= 15 is 0 Å². The van der Waals surface area contributed by atoms with Crippen LogP contribution in [-0.2, 0) is 12.8 Å². The highest BCUT2D eigenvalue weighted by Gasteiger charge is 2.21. The number of nitrogens with zero attached hydrogens (tertiary/aromatic N) is 3. The zero-order valence-corrected chi connectivity index (χ0v) is 16.4. The lowest BCUT2D eigenvalue weighted by Gasteiger charge is -2.18. The third kappa shape index (κ3) is 3.49. The Morgan fingerprint density at radius 3 is 2.74 bits per heavy atom. The van der Waals surface area contributed by atoms with Crippen LogP contribution in [0.1, 0.15) is 42.1 Å². The van der Waals surface area contributed by atoms with Crippen LogP contribution in [0.2, 0.25) is 5.02 Å². The molecule has 0 bridgehead atoms. The van der Waals surface area contributed by atoms with Gasteiger partial charge in [0.05, 0.1) is 10.7 Å². The van der Waals surface area contributed by atoms with Crippen LogP contribution in [-0.4, -0.2) is 14.4 Å². The lowest BCUT2D eigenvalue weighted by atomic mass is 9.90. The van der Waals surface area contributed by atoms with E-state index in [9.17, 15) is 4.39 Å². The van der Waals surface area contributed by atoms with E-state index in [-0.39, 0.29) is 10.7 Å². The number of benzene rings is 1. The summed E-state index contributed by atoms with van der Waals surface area (Å²) >= 11 is 6.16. The van der Waals surface area contributed by atoms with Crippen molar-refractivity contribution in [3.63, 3.8) is 0 Å². The quantitative estimate of drug-likeness (QED) is 0.689. The monoisotopic (exact) mass is 387 g/mol. The number of fused-ring (bicyclic) bond motifs is 1. The highest BCUT2D eigenvalue weighted by Crippen LogP contribution is 2.32. The van der Waals surface area contributed by atoms with Gasteiger partial charge in [-0.05, 0) is 36.5 Å². The summed E-state index contributed by atoms with van der Waals surface area (Å²) in [6.45, 7) is 9.77. The fourth-order valence-corrected chi connectivity index (χ4v) is 3.69. The smallest absolute Gasteiger partial charge is 0.151 e. The number of imidazole rings is 1. The van der Waals surface area contributed by atoms with Crippen molar-refractivity contribution in [2.45, 2.75) is 33.6 Å². The van der Waals surface area contributed by atoms with Gasteiger partial charge in [-0.25, -0.2) is 14.4 Å². The minimum atomic E-state index is -0.527. The number of hydrogen-bond donors (Lipinski definition) is 2. The average Bonchev–Trinajstić information content (AvgIpc) is 2.88. The Balaban J connectivity index is 2.20. The van der Waals surface area contributed by atoms with Crippen molar-refractivity contribution >= 4 is 28.6 Å². The van der Waals surface area contributed by atoms with Gasteiger partial charge < -0.3 is 11.5 Å². The molecule has 0 atom stereocenters. The summed E-state index contributed by atoms with van der Waals surface area (Å²) in [6.07, 6.45) is 4.56. The molecule has 3 rings (SSSR count). The van der Waals surface area contributed by atoms with Crippen molar-refractivity contribution in [3.05, 3.63) is 64.1 Å². The van der Waals surface area contributed by atoms with E-state index < -0.39 is 5.82 Å². The Morgan fingerprint density at radius 1 is 1.41 bits per heavy atom. The molecule has 1 aromatic carbocycles. The standard InChI is InChI=1S/C20H23ClFN5/c1-10(2)7-14-13(8-15(21)18(22)17(14)11(3)23)9-16-26-12(4)19-20(24)25-5-6-27(16)19/h5-6,8,10H,3,7,9,23H2,1-2,4H3,(H2,24,25). The van der Waals surface area contributed by atoms with Crippen LogP contribution in [0.15, 0.2) is 25.0 Å². The van der Waals surface area contributed by atoms with E-state index in [2.05, 4.69) is 30.4 Å². The molecule has 0 amide bonds. The van der Waals surface area contributed by atoms with Gasteiger partial charge in [-0.15, -0.1) is 0 Å². The zero-order chi connectivity index (χ0) is 19.9. The van der Waals surface area contributed by atoms with Gasteiger partial charge in [0.2, 0.25) is 0 Å². The van der Waals surface area contributed by atoms with Crippen LogP contribution in [0, 0.1) is 18.7 Å². The van der Waals surface area contributed by atoms with Gasteiger partial charge >= 0.3 is 0 Å². The molecule has 142 valence electrons. The Hall–Kier alpha value is -2.60. The number of anilines is 1.